The van der Waals surface area contributed by atoms with E-state index < -0.39 is 0 Å². The number of nitrogens with one attached hydrogen (secondary N) is 5. The van der Waals surface area contributed by atoms with Crippen LogP contribution in [0.3, 0.4) is 0 Å². The highest BCUT2D eigenvalue weighted by molar-refractivity contribution is 4.57. The lowest BCUT2D eigenvalue weighted by Crippen LogP contribution is -2.41. The van der Waals surface area contributed by atoms with Crippen LogP contribution in [0.15, 0.2) is 0 Å². The molecule has 8 nitrogen and oxygen atoms in total. The third kappa shape index (κ3) is 24.1. The monoisotopic (exact) mass is 334 g/mol. The summed E-state index contributed by atoms with van der Waals surface area (Å²) in [7, 11) is 1.96. The Morgan fingerprint density at radius 2 is 1.09 bits per heavy atom. The van der Waals surface area contributed by atoms with E-state index in [1.54, 1.807) is 0 Å². The highest BCUT2D eigenvalue weighted by Gasteiger charge is 1.96. The van der Waals surface area contributed by atoms with Crippen molar-refractivity contribution in [1.82, 2.24) is 31.7 Å². The molecule has 8 heteroatoms. The zero-order valence-electron chi connectivity index (χ0n) is 15.6. The second-order valence-corrected chi connectivity index (χ2v) is 5.00. The molecule has 0 rings (SSSR count). The molecule has 0 bridgehead atoms. The van der Waals surface area contributed by atoms with Gasteiger partial charge in [-0.25, -0.2) is 5.01 Å². The largest absolute Gasteiger partial charge is 0.331 e. The highest BCUT2D eigenvalue weighted by Crippen LogP contribution is 1.76. The van der Waals surface area contributed by atoms with Crippen molar-refractivity contribution in [3.63, 3.8) is 0 Å². The van der Waals surface area contributed by atoms with Crippen molar-refractivity contribution in [3.8, 4) is 0 Å². The molecule has 0 aliphatic carbocycles. The van der Waals surface area contributed by atoms with Crippen LogP contribution in [0.4, 0.5) is 0 Å². The van der Waals surface area contributed by atoms with Crippen molar-refractivity contribution in [1.29, 1.82) is 0 Å². The molecule has 0 aliphatic heterocycles. The zero-order valence-corrected chi connectivity index (χ0v) is 15.6. The maximum absolute atomic E-state index is 5.39. The fraction of sp³-hybridized carbons (Fsp3) is 1.00. The first-order valence-electron chi connectivity index (χ1n) is 8.92. The van der Waals surface area contributed by atoms with E-state index >= 15 is 0 Å². The SMILES string of the molecule is CCN.CCN(CCNCCNCCNCCNCCN)NC. The molecular weight excluding hydrogens is 292 g/mol. The van der Waals surface area contributed by atoms with Crippen molar-refractivity contribution < 1.29 is 0 Å². The van der Waals surface area contributed by atoms with Crippen molar-refractivity contribution in [2.45, 2.75) is 13.8 Å². The minimum absolute atomic E-state index is 0.707. The number of nitrogens with zero attached hydrogens (tertiary/aromatic N) is 1. The second kappa shape index (κ2) is 23.9. The normalized spacial score (nSPS) is 10.7. The second-order valence-electron chi connectivity index (χ2n) is 5.00. The van der Waals surface area contributed by atoms with Crippen LogP contribution in [0.25, 0.3) is 0 Å². The summed E-state index contributed by atoms with van der Waals surface area (Å²) in [6, 6.07) is 0. The minimum Gasteiger partial charge on any atom is -0.331 e. The van der Waals surface area contributed by atoms with Gasteiger partial charge in [0.15, 0.2) is 0 Å². The van der Waals surface area contributed by atoms with Gasteiger partial charge in [0.05, 0.1) is 0 Å². The third-order valence-corrected chi connectivity index (χ3v) is 3.01. The van der Waals surface area contributed by atoms with Crippen molar-refractivity contribution in [3.05, 3.63) is 0 Å². The van der Waals surface area contributed by atoms with Crippen LogP contribution in [0.5, 0.6) is 0 Å². The first-order chi connectivity index (χ1) is 11.3. The summed E-state index contributed by atoms with van der Waals surface area (Å²) < 4.78 is 0. The molecule has 23 heavy (non-hydrogen) atoms. The molecule has 0 saturated heterocycles. The van der Waals surface area contributed by atoms with E-state index in [1.165, 1.54) is 0 Å². The molecule has 0 saturated carbocycles. The summed E-state index contributed by atoms with van der Waals surface area (Å²) in [6.45, 7) is 15.5. The van der Waals surface area contributed by atoms with Gasteiger partial charge in [0, 0.05) is 72.0 Å². The molecule has 0 heterocycles. The van der Waals surface area contributed by atoms with Gasteiger partial charge in [0.1, 0.15) is 0 Å². The van der Waals surface area contributed by atoms with Gasteiger partial charge < -0.3 is 32.7 Å². The van der Waals surface area contributed by atoms with E-state index in [4.69, 9.17) is 11.5 Å². The average molecular weight is 335 g/mol. The molecule has 0 aromatic heterocycles. The summed E-state index contributed by atoms with van der Waals surface area (Å²) in [6.07, 6.45) is 0. The first-order valence-corrected chi connectivity index (χ1v) is 8.92. The Morgan fingerprint density at radius 3 is 1.43 bits per heavy atom. The Hall–Kier alpha value is -0.320. The fourth-order valence-electron chi connectivity index (χ4n) is 1.77. The topological polar surface area (TPSA) is 115 Å². The highest BCUT2D eigenvalue weighted by atomic mass is 15.5. The lowest BCUT2D eigenvalue weighted by atomic mass is 10.5. The quantitative estimate of drug-likeness (QED) is 0.125. The van der Waals surface area contributed by atoms with E-state index in [2.05, 4.69) is 38.6 Å². The van der Waals surface area contributed by atoms with Crippen LogP contribution in [-0.2, 0) is 0 Å². The Kier molecular flexibility index (Phi) is 25.9. The van der Waals surface area contributed by atoms with Crippen molar-refractivity contribution >= 4 is 0 Å². The molecule has 0 amide bonds. The first kappa shape index (κ1) is 24.9. The van der Waals surface area contributed by atoms with Gasteiger partial charge in [0.25, 0.3) is 0 Å². The molecule has 0 unspecified atom stereocenters. The van der Waals surface area contributed by atoms with E-state index in [9.17, 15) is 0 Å². The Balaban J connectivity index is 0. The zero-order chi connectivity index (χ0) is 17.6. The molecule has 0 aromatic carbocycles. The van der Waals surface area contributed by atoms with Crippen molar-refractivity contribution in [2.75, 3.05) is 85.6 Å². The minimum atomic E-state index is 0.707. The maximum Gasteiger partial charge on any atom is 0.0256 e. The Labute approximate surface area is 143 Å². The van der Waals surface area contributed by atoms with Gasteiger partial charge in [-0.05, 0) is 13.6 Å². The molecule has 0 spiro atoms. The summed E-state index contributed by atoms with van der Waals surface area (Å²) >= 11 is 0. The number of hydrazine groups is 1. The lowest BCUT2D eigenvalue weighted by Gasteiger charge is -2.18. The van der Waals surface area contributed by atoms with Crippen LogP contribution in [0, 0.1) is 0 Å². The number of nitrogens with two attached hydrogens (primary N) is 2. The van der Waals surface area contributed by atoms with Gasteiger partial charge >= 0.3 is 0 Å². The number of hydrogen-bond acceptors (Lipinski definition) is 8. The predicted molar refractivity (Wildman–Crippen MR) is 102 cm³/mol. The van der Waals surface area contributed by atoms with E-state index in [-0.39, 0.29) is 0 Å². The number of hydrogen-bond donors (Lipinski definition) is 7. The summed E-state index contributed by atoms with van der Waals surface area (Å²) in [5.41, 5.74) is 13.4. The Morgan fingerprint density at radius 1 is 0.696 bits per heavy atom. The van der Waals surface area contributed by atoms with Gasteiger partial charge in [-0.3, -0.25) is 5.43 Å². The third-order valence-electron chi connectivity index (χ3n) is 3.01. The van der Waals surface area contributed by atoms with Gasteiger partial charge in [0.2, 0.25) is 0 Å². The summed E-state index contributed by atoms with van der Waals surface area (Å²) in [4.78, 5) is 0. The van der Waals surface area contributed by atoms with E-state index in [1.807, 2.05) is 14.0 Å². The predicted octanol–water partition coefficient (Wildman–Crippen LogP) is -2.28. The molecule has 0 radical (unpaired) electrons. The molecule has 0 aromatic rings. The van der Waals surface area contributed by atoms with Crippen LogP contribution in [0.1, 0.15) is 13.8 Å². The lowest BCUT2D eigenvalue weighted by molar-refractivity contribution is 0.220. The van der Waals surface area contributed by atoms with E-state index in [0.29, 0.717) is 6.54 Å². The Bertz CT molecular complexity index is 190. The fourth-order valence-corrected chi connectivity index (χ4v) is 1.77. The molecular formula is C15H42N8. The smallest absolute Gasteiger partial charge is 0.0256 e. The number of rotatable bonds is 16. The number of likely N-dealkylation sites (N-methyl/N-ethyl adjacent to an activating group) is 1. The molecule has 0 atom stereocenters. The van der Waals surface area contributed by atoms with Gasteiger partial charge in [-0.2, -0.15) is 0 Å². The van der Waals surface area contributed by atoms with Crippen LogP contribution >= 0.6 is 0 Å². The standard InChI is InChI=1S/C13H35N7.C2H7N/c1-3-20(15-2)13-12-19-11-10-18-9-8-17-7-6-16-5-4-14;1-2-3/h15-19H,3-14H2,1-2H3;2-3H2,1H3. The molecule has 9 N–H and O–H groups in total. The molecule has 0 fully saturated rings. The molecule has 142 valence electrons. The van der Waals surface area contributed by atoms with E-state index in [0.717, 1.165) is 72.0 Å². The maximum atomic E-state index is 5.39. The summed E-state index contributed by atoms with van der Waals surface area (Å²) in [5.74, 6) is 0. The van der Waals surface area contributed by atoms with Crippen molar-refractivity contribution in [2.24, 2.45) is 11.5 Å². The van der Waals surface area contributed by atoms with Crippen LogP contribution in [0.2, 0.25) is 0 Å². The van der Waals surface area contributed by atoms with Gasteiger partial charge in [-0.15, -0.1) is 0 Å². The molecule has 0 aliphatic rings. The van der Waals surface area contributed by atoms with Crippen LogP contribution in [-0.4, -0.2) is 90.6 Å². The summed E-state index contributed by atoms with van der Waals surface area (Å²) in [5, 5.41) is 15.6. The van der Waals surface area contributed by atoms with Gasteiger partial charge in [-0.1, -0.05) is 13.8 Å². The van der Waals surface area contributed by atoms with Crippen LogP contribution < -0.4 is 38.2 Å². The average Bonchev–Trinajstić information content (AvgIpc) is 2.56.